The third-order valence-corrected chi connectivity index (χ3v) is 3.15. The molecule has 0 aliphatic carbocycles. The van der Waals surface area contributed by atoms with Crippen molar-refractivity contribution >= 4 is 21.9 Å². The summed E-state index contributed by atoms with van der Waals surface area (Å²) in [5, 5.41) is 8.76. The molecule has 0 amide bonds. The molecule has 0 saturated carbocycles. The second-order valence-corrected chi connectivity index (χ2v) is 5.40. The first-order chi connectivity index (χ1) is 9.47. The van der Waals surface area contributed by atoms with Crippen LogP contribution in [0.25, 0.3) is 0 Å². The summed E-state index contributed by atoms with van der Waals surface area (Å²) in [4.78, 5) is 18.4. The topological polar surface area (TPSA) is 72.3 Å². The molecule has 2 rings (SSSR count). The molecule has 0 aliphatic rings. The fourth-order valence-electron chi connectivity index (χ4n) is 1.66. The van der Waals surface area contributed by atoms with Crippen LogP contribution in [0.3, 0.4) is 0 Å². The molecule has 1 heterocycles. The fourth-order valence-corrected chi connectivity index (χ4v) is 2.03. The Morgan fingerprint density at radius 1 is 1.30 bits per heavy atom. The maximum atomic E-state index is 10.7. The zero-order valence-corrected chi connectivity index (χ0v) is 12.6. The Kier molecular flexibility index (Phi) is 4.34. The molecule has 20 heavy (non-hydrogen) atoms. The minimum atomic E-state index is -1.12. The van der Waals surface area contributed by atoms with Crippen molar-refractivity contribution in [1.29, 1.82) is 0 Å². The monoisotopic (exact) mass is 336 g/mol. The van der Waals surface area contributed by atoms with Crippen molar-refractivity contribution < 1.29 is 14.6 Å². The summed E-state index contributed by atoms with van der Waals surface area (Å²) in [5.41, 5.74) is 0.917. The average molecular weight is 337 g/mol. The van der Waals surface area contributed by atoms with Crippen LogP contribution in [0.5, 0.6) is 11.6 Å². The Morgan fingerprint density at radius 2 is 2.05 bits per heavy atom. The molecular weight excluding hydrogens is 324 g/mol. The number of aromatic carboxylic acids is 1. The number of carboxylic acid groups (broad SMARTS) is 1. The van der Waals surface area contributed by atoms with Crippen LogP contribution in [-0.2, 0) is 0 Å². The number of hydrogen-bond acceptors (Lipinski definition) is 4. The van der Waals surface area contributed by atoms with Crippen molar-refractivity contribution in [2.45, 2.75) is 19.8 Å². The van der Waals surface area contributed by atoms with Gasteiger partial charge in [0.05, 0.1) is 12.4 Å². The third-order valence-electron chi connectivity index (χ3n) is 2.66. The first kappa shape index (κ1) is 14.5. The molecule has 0 saturated heterocycles. The standard InChI is InChI=1S/C14H13BrN2O3/c1-8(2)10-5-9(15)3-4-12(10)20-13-7-16-11(6-17-13)14(18)19/h3-8H,1-2H3,(H,18,19). The van der Waals surface area contributed by atoms with E-state index in [1.165, 1.54) is 12.4 Å². The van der Waals surface area contributed by atoms with Gasteiger partial charge in [0.15, 0.2) is 5.69 Å². The van der Waals surface area contributed by atoms with Crippen LogP contribution in [0.2, 0.25) is 0 Å². The summed E-state index contributed by atoms with van der Waals surface area (Å²) >= 11 is 3.43. The van der Waals surface area contributed by atoms with Gasteiger partial charge in [0.1, 0.15) is 5.75 Å². The highest BCUT2D eigenvalue weighted by molar-refractivity contribution is 9.10. The molecule has 0 fully saturated rings. The van der Waals surface area contributed by atoms with Gasteiger partial charge in [-0.3, -0.25) is 0 Å². The van der Waals surface area contributed by atoms with Crippen molar-refractivity contribution in [3.05, 3.63) is 46.3 Å². The number of ether oxygens (including phenoxy) is 1. The van der Waals surface area contributed by atoms with Gasteiger partial charge < -0.3 is 9.84 Å². The summed E-state index contributed by atoms with van der Waals surface area (Å²) in [6.07, 6.45) is 2.47. The summed E-state index contributed by atoms with van der Waals surface area (Å²) in [6, 6.07) is 5.70. The molecule has 0 unspecified atom stereocenters. The van der Waals surface area contributed by atoms with Gasteiger partial charge in [0.25, 0.3) is 0 Å². The first-order valence-corrected chi connectivity index (χ1v) is 6.79. The molecule has 0 radical (unpaired) electrons. The average Bonchev–Trinajstić information content (AvgIpc) is 2.41. The molecule has 2 aromatic rings. The maximum absolute atomic E-state index is 10.7. The van der Waals surface area contributed by atoms with Crippen molar-refractivity contribution in [1.82, 2.24) is 9.97 Å². The summed E-state index contributed by atoms with van der Waals surface area (Å²) < 4.78 is 6.65. The molecule has 0 aliphatic heterocycles. The fraction of sp³-hybridized carbons (Fsp3) is 0.214. The van der Waals surface area contributed by atoms with Crippen molar-refractivity contribution in [2.24, 2.45) is 0 Å². The van der Waals surface area contributed by atoms with E-state index in [1.54, 1.807) is 0 Å². The zero-order valence-electron chi connectivity index (χ0n) is 11.0. The second-order valence-electron chi connectivity index (χ2n) is 4.48. The van der Waals surface area contributed by atoms with Crippen LogP contribution in [0.1, 0.15) is 35.8 Å². The molecule has 6 heteroatoms. The van der Waals surface area contributed by atoms with Crippen molar-refractivity contribution in [2.75, 3.05) is 0 Å². The number of nitrogens with zero attached hydrogens (tertiary/aromatic N) is 2. The van der Waals surface area contributed by atoms with Gasteiger partial charge in [0, 0.05) is 4.47 Å². The lowest BCUT2D eigenvalue weighted by molar-refractivity contribution is 0.0690. The van der Waals surface area contributed by atoms with Crippen LogP contribution in [0.4, 0.5) is 0 Å². The number of halogens is 1. The molecule has 5 nitrogen and oxygen atoms in total. The van der Waals surface area contributed by atoms with Crippen LogP contribution < -0.4 is 4.74 Å². The molecule has 1 aromatic carbocycles. The van der Waals surface area contributed by atoms with Crippen LogP contribution in [0, 0.1) is 0 Å². The predicted octanol–water partition coefficient (Wildman–Crippen LogP) is 3.85. The van der Waals surface area contributed by atoms with E-state index in [0.29, 0.717) is 5.75 Å². The number of hydrogen-bond donors (Lipinski definition) is 1. The Morgan fingerprint density at radius 3 is 2.60 bits per heavy atom. The quantitative estimate of drug-likeness (QED) is 0.917. The van der Waals surface area contributed by atoms with Gasteiger partial charge >= 0.3 is 5.97 Å². The summed E-state index contributed by atoms with van der Waals surface area (Å²) in [6.45, 7) is 4.13. The van der Waals surface area contributed by atoms with E-state index in [9.17, 15) is 4.79 Å². The Balaban J connectivity index is 2.27. The SMILES string of the molecule is CC(C)c1cc(Br)ccc1Oc1cnc(C(=O)O)cn1. The summed E-state index contributed by atoms with van der Waals surface area (Å²) in [7, 11) is 0. The molecule has 1 N–H and O–H groups in total. The van der Waals surface area contributed by atoms with Crippen LogP contribution in [-0.4, -0.2) is 21.0 Å². The highest BCUT2D eigenvalue weighted by Gasteiger charge is 2.11. The van der Waals surface area contributed by atoms with E-state index in [2.05, 4.69) is 39.7 Å². The van der Waals surface area contributed by atoms with E-state index >= 15 is 0 Å². The molecule has 0 atom stereocenters. The van der Waals surface area contributed by atoms with Gasteiger partial charge in [-0.05, 0) is 29.7 Å². The molecule has 104 valence electrons. The Labute approximate surface area is 124 Å². The number of carbonyl (C=O) groups is 1. The molecule has 0 spiro atoms. The van der Waals surface area contributed by atoms with E-state index in [4.69, 9.17) is 9.84 Å². The van der Waals surface area contributed by atoms with E-state index in [1.807, 2.05) is 18.2 Å². The van der Waals surface area contributed by atoms with Gasteiger partial charge in [0.2, 0.25) is 5.88 Å². The first-order valence-electron chi connectivity index (χ1n) is 6.00. The number of aromatic nitrogens is 2. The molecule has 1 aromatic heterocycles. The van der Waals surface area contributed by atoms with Gasteiger partial charge in [-0.2, -0.15) is 0 Å². The predicted molar refractivity (Wildman–Crippen MR) is 77.3 cm³/mol. The minimum absolute atomic E-state index is 0.114. The van der Waals surface area contributed by atoms with Gasteiger partial charge in [-0.15, -0.1) is 0 Å². The summed E-state index contributed by atoms with van der Waals surface area (Å²) in [5.74, 6) is 0.115. The molecule has 0 bridgehead atoms. The van der Waals surface area contributed by atoms with Crippen molar-refractivity contribution in [3.63, 3.8) is 0 Å². The lowest BCUT2D eigenvalue weighted by Gasteiger charge is -2.13. The Hall–Kier alpha value is -1.95. The number of benzene rings is 1. The third kappa shape index (κ3) is 3.33. The lowest BCUT2D eigenvalue weighted by Crippen LogP contribution is -2.02. The van der Waals surface area contributed by atoms with Crippen LogP contribution in [0.15, 0.2) is 35.1 Å². The zero-order chi connectivity index (χ0) is 14.7. The Bertz CT molecular complexity index is 627. The van der Waals surface area contributed by atoms with E-state index in [0.717, 1.165) is 10.0 Å². The number of carboxylic acids is 1. The highest BCUT2D eigenvalue weighted by atomic mass is 79.9. The second kappa shape index (κ2) is 6.00. The maximum Gasteiger partial charge on any atom is 0.356 e. The minimum Gasteiger partial charge on any atom is -0.476 e. The highest BCUT2D eigenvalue weighted by Crippen LogP contribution is 2.31. The normalized spacial score (nSPS) is 10.6. The van der Waals surface area contributed by atoms with E-state index < -0.39 is 5.97 Å². The number of rotatable bonds is 4. The van der Waals surface area contributed by atoms with E-state index in [-0.39, 0.29) is 17.5 Å². The van der Waals surface area contributed by atoms with Gasteiger partial charge in [-0.25, -0.2) is 14.8 Å². The molecular formula is C14H13BrN2O3. The lowest BCUT2D eigenvalue weighted by atomic mass is 10.0. The smallest absolute Gasteiger partial charge is 0.356 e. The largest absolute Gasteiger partial charge is 0.476 e. The van der Waals surface area contributed by atoms with Crippen LogP contribution >= 0.6 is 15.9 Å². The van der Waals surface area contributed by atoms with Gasteiger partial charge in [-0.1, -0.05) is 29.8 Å². The van der Waals surface area contributed by atoms with Crippen molar-refractivity contribution in [3.8, 4) is 11.6 Å².